The van der Waals surface area contributed by atoms with Crippen molar-refractivity contribution in [3.63, 3.8) is 0 Å². The van der Waals surface area contributed by atoms with Crippen LogP contribution in [0.2, 0.25) is 10.0 Å². The molecule has 0 atom stereocenters. The van der Waals surface area contributed by atoms with Crippen molar-refractivity contribution in [2.24, 2.45) is 0 Å². The molecule has 0 aliphatic heterocycles. The summed E-state index contributed by atoms with van der Waals surface area (Å²) in [6.45, 7) is 3.05. The number of benzene rings is 1. The van der Waals surface area contributed by atoms with Crippen molar-refractivity contribution in [2.45, 2.75) is 6.92 Å². The highest BCUT2D eigenvalue weighted by Crippen LogP contribution is 2.30. The van der Waals surface area contributed by atoms with E-state index in [1.807, 2.05) is 25.1 Å². The molecule has 0 bridgehead atoms. The number of hydrogen-bond donors (Lipinski definition) is 3. The van der Waals surface area contributed by atoms with Crippen molar-refractivity contribution in [1.82, 2.24) is 24.6 Å². The Kier molecular flexibility index (Phi) is 5.37. The van der Waals surface area contributed by atoms with Crippen LogP contribution in [0.4, 0.5) is 17.5 Å². The number of hydrogen-bond acceptors (Lipinski definition) is 7. The predicted molar refractivity (Wildman–Crippen MR) is 117 cm³/mol. The Hall–Kier alpha value is -3.10. The lowest BCUT2D eigenvalue weighted by Gasteiger charge is -2.11. The molecule has 0 saturated heterocycles. The van der Waals surface area contributed by atoms with Crippen LogP contribution in [0.1, 0.15) is 5.82 Å². The van der Waals surface area contributed by atoms with Gasteiger partial charge >= 0.3 is 0 Å². The van der Waals surface area contributed by atoms with E-state index in [1.165, 1.54) is 0 Å². The van der Waals surface area contributed by atoms with Crippen LogP contribution in [-0.2, 0) is 0 Å². The molecule has 3 heterocycles. The number of fused-ring (bicyclic) bond motifs is 1. The minimum Gasteiger partial charge on any atom is -0.397 e. The molecule has 0 fully saturated rings. The number of rotatable bonds is 6. The van der Waals surface area contributed by atoms with Gasteiger partial charge in [-0.3, -0.25) is 0 Å². The first-order valence-corrected chi connectivity index (χ1v) is 9.64. The van der Waals surface area contributed by atoms with Crippen LogP contribution < -0.4 is 16.4 Å². The molecular formula is C19H18Cl2N8. The quantitative estimate of drug-likeness (QED) is 0.399. The summed E-state index contributed by atoms with van der Waals surface area (Å²) >= 11 is 12.4. The van der Waals surface area contributed by atoms with Gasteiger partial charge in [-0.1, -0.05) is 23.2 Å². The van der Waals surface area contributed by atoms with Crippen LogP contribution in [0, 0.1) is 6.92 Å². The lowest BCUT2D eigenvalue weighted by Crippen LogP contribution is -2.17. The standard InChI is InChI=1S/C19H18Cl2N8/c1-11-26-18-9-16(14-4-2-12(20)8-15(14)21)27-19(29(18)28-11)24-7-6-23-17-5-3-13(22)10-25-17/h2-5,8-10H,6-7,22H2,1H3,(H,23,25)(H,24,27). The third kappa shape index (κ3) is 4.33. The molecule has 29 heavy (non-hydrogen) atoms. The summed E-state index contributed by atoms with van der Waals surface area (Å²) in [5, 5.41) is 12.0. The maximum atomic E-state index is 6.36. The zero-order valence-electron chi connectivity index (χ0n) is 15.5. The normalized spacial score (nSPS) is 11.0. The van der Waals surface area contributed by atoms with Crippen molar-refractivity contribution in [1.29, 1.82) is 0 Å². The summed E-state index contributed by atoms with van der Waals surface area (Å²) in [7, 11) is 0. The van der Waals surface area contributed by atoms with Gasteiger partial charge in [-0.05, 0) is 37.3 Å². The molecule has 1 aromatic carbocycles. The van der Waals surface area contributed by atoms with Gasteiger partial charge in [0.2, 0.25) is 5.95 Å². The zero-order chi connectivity index (χ0) is 20.4. The highest BCUT2D eigenvalue weighted by atomic mass is 35.5. The summed E-state index contributed by atoms with van der Waals surface area (Å²) in [5.41, 5.74) is 8.40. The molecule has 4 aromatic rings. The molecule has 0 aliphatic rings. The molecule has 8 nitrogen and oxygen atoms in total. The number of aryl methyl sites for hydroxylation is 1. The number of aromatic nitrogens is 5. The summed E-state index contributed by atoms with van der Waals surface area (Å²) in [4.78, 5) is 13.4. The largest absolute Gasteiger partial charge is 0.397 e. The molecule has 0 spiro atoms. The van der Waals surface area contributed by atoms with Crippen LogP contribution in [-0.4, -0.2) is 37.7 Å². The molecule has 4 rings (SSSR count). The van der Waals surface area contributed by atoms with Gasteiger partial charge in [0.05, 0.1) is 22.6 Å². The summed E-state index contributed by atoms with van der Waals surface area (Å²) in [6, 6.07) is 10.8. The first-order valence-electron chi connectivity index (χ1n) is 8.89. The van der Waals surface area contributed by atoms with Crippen LogP contribution in [0.15, 0.2) is 42.6 Å². The molecule has 0 amide bonds. The maximum absolute atomic E-state index is 6.36. The maximum Gasteiger partial charge on any atom is 0.226 e. The van der Waals surface area contributed by atoms with Gasteiger partial charge in [-0.2, -0.15) is 4.52 Å². The Labute approximate surface area is 177 Å². The fourth-order valence-corrected chi connectivity index (χ4v) is 3.33. The highest BCUT2D eigenvalue weighted by molar-refractivity contribution is 6.36. The Bertz CT molecular complexity index is 1160. The van der Waals surface area contributed by atoms with Gasteiger partial charge < -0.3 is 16.4 Å². The lowest BCUT2D eigenvalue weighted by molar-refractivity contribution is 0.889. The Balaban J connectivity index is 1.56. The average molecular weight is 429 g/mol. The van der Waals surface area contributed by atoms with E-state index in [4.69, 9.17) is 33.9 Å². The van der Waals surface area contributed by atoms with E-state index < -0.39 is 0 Å². The summed E-state index contributed by atoms with van der Waals surface area (Å²) in [5.74, 6) is 1.96. The number of nitrogens with one attached hydrogen (secondary N) is 2. The zero-order valence-corrected chi connectivity index (χ0v) is 17.0. The van der Waals surface area contributed by atoms with Gasteiger partial charge in [0.25, 0.3) is 0 Å². The molecule has 0 saturated carbocycles. The number of pyridine rings is 1. The second-order valence-corrected chi connectivity index (χ2v) is 7.19. The molecule has 0 aliphatic carbocycles. The second kappa shape index (κ2) is 8.10. The number of anilines is 3. The van der Waals surface area contributed by atoms with Gasteiger partial charge in [0.1, 0.15) is 11.6 Å². The van der Waals surface area contributed by atoms with E-state index >= 15 is 0 Å². The van der Waals surface area contributed by atoms with Crippen molar-refractivity contribution in [2.75, 3.05) is 29.5 Å². The van der Waals surface area contributed by atoms with E-state index in [0.717, 1.165) is 11.4 Å². The third-order valence-electron chi connectivity index (χ3n) is 4.14. The van der Waals surface area contributed by atoms with Crippen molar-refractivity contribution in [3.8, 4) is 11.3 Å². The topological polar surface area (TPSA) is 106 Å². The van der Waals surface area contributed by atoms with Crippen LogP contribution >= 0.6 is 23.2 Å². The van der Waals surface area contributed by atoms with Gasteiger partial charge in [-0.25, -0.2) is 15.0 Å². The third-order valence-corrected chi connectivity index (χ3v) is 4.69. The first-order chi connectivity index (χ1) is 14.0. The van der Waals surface area contributed by atoms with Crippen LogP contribution in [0.3, 0.4) is 0 Å². The molecule has 0 unspecified atom stereocenters. The number of halogens is 2. The predicted octanol–water partition coefficient (Wildman–Crippen LogP) is 3.91. The molecular weight excluding hydrogens is 411 g/mol. The minimum atomic E-state index is 0.521. The van der Waals surface area contributed by atoms with E-state index in [2.05, 4.69) is 25.7 Å². The van der Waals surface area contributed by atoms with Crippen molar-refractivity contribution < 1.29 is 0 Å². The molecule has 4 N–H and O–H groups in total. The Morgan fingerprint density at radius 3 is 2.62 bits per heavy atom. The molecule has 3 aromatic heterocycles. The average Bonchev–Trinajstić information content (AvgIpc) is 3.06. The monoisotopic (exact) mass is 428 g/mol. The highest BCUT2D eigenvalue weighted by Gasteiger charge is 2.13. The number of nitrogen functional groups attached to an aromatic ring is 1. The second-order valence-electron chi connectivity index (χ2n) is 6.35. The SMILES string of the molecule is Cc1nc2cc(-c3ccc(Cl)cc3Cl)nc(NCCNc3ccc(N)cn3)n2n1. The summed E-state index contributed by atoms with van der Waals surface area (Å²) < 4.78 is 1.67. The lowest BCUT2D eigenvalue weighted by atomic mass is 10.1. The fraction of sp³-hybridized carbons (Fsp3) is 0.158. The minimum absolute atomic E-state index is 0.521. The number of nitrogens with two attached hydrogens (primary N) is 1. The van der Waals surface area contributed by atoms with E-state index in [9.17, 15) is 0 Å². The van der Waals surface area contributed by atoms with Crippen LogP contribution in [0.25, 0.3) is 16.9 Å². The number of nitrogens with zero attached hydrogens (tertiary/aromatic N) is 5. The van der Waals surface area contributed by atoms with E-state index in [-0.39, 0.29) is 0 Å². The first kappa shape index (κ1) is 19.2. The fourth-order valence-electron chi connectivity index (χ4n) is 2.82. The van der Waals surface area contributed by atoms with Gasteiger partial charge in [0.15, 0.2) is 5.65 Å². The Morgan fingerprint density at radius 1 is 1.03 bits per heavy atom. The van der Waals surface area contributed by atoms with Gasteiger partial charge in [-0.15, -0.1) is 5.10 Å². The molecule has 10 heteroatoms. The Morgan fingerprint density at radius 2 is 1.86 bits per heavy atom. The van der Waals surface area contributed by atoms with E-state index in [0.29, 0.717) is 51.9 Å². The molecule has 0 radical (unpaired) electrons. The van der Waals surface area contributed by atoms with Crippen LogP contribution in [0.5, 0.6) is 0 Å². The summed E-state index contributed by atoms with van der Waals surface area (Å²) in [6.07, 6.45) is 1.61. The van der Waals surface area contributed by atoms with E-state index in [1.54, 1.807) is 28.9 Å². The van der Waals surface area contributed by atoms with Crippen molar-refractivity contribution in [3.05, 3.63) is 58.5 Å². The van der Waals surface area contributed by atoms with Crippen molar-refractivity contribution >= 4 is 46.3 Å². The molecule has 148 valence electrons. The smallest absolute Gasteiger partial charge is 0.226 e. The van der Waals surface area contributed by atoms with Gasteiger partial charge in [0, 0.05) is 29.7 Å².